The van der Waals surface area contributed by atoms with E-state index < -0.39 is 0 Å². The van der Waals surface area contributed by atoms with Crippen molar-refractivity contribution in [1.29, 1.82) is 0 Å². The Balaban J connectivity index is 1.63. The van der Waals surface area contributed by atoms with Crippen LogP contribution >= 0.6 is 0 Å². The number of likely N-dealkylation sites (tertiary alicyclic amines) is 1. The van der Waals surface area contributed by atoms with Gasteiger partial charge in [0.05, 0.1) is 18.6 Å². The fraction of sp³-hybridized carbons (Fsp3) is 0.632. The summed E-state index contributed by atoms with van der Waals surface area (Å²) in [4.78, 5) is 32.9. The molecule has 2 saturated heterocycles. The zero-order valence-corrected chi connectivity index (χ0v) is 15.1. The van der Waals surface area contributed by atoms with Gasteiger partial charge in [-0.15, -0.1) is 0 Å². The van der Waals surface area contributed by atoms with E-state index in [4.69, 9.17) is 4.74 Å². The Morgan fingerprint density at radius 1 is 1.16 bits per heavy atom. The van der Waals surface area contributed by atoms with Crippen LogP contribution < -0.4 is 4.90 Å². The minimum absolute atomic E-state index is 0.0667. The van der Waals surface area contributed by atoms with E-state index in [1.807, 2.05) is 17.0 Å². The highest BCUT2D eigenvalue weighted by molar-refractivity contribution is 5.94. The highest BCUT2D eigenvalue weighted by Gasteiger charge is 2.27. The van der Waals surface area contributed by atoms with E-state index in [1.165, 1.54) is 7.11 Å². The number of rotatable bonds is 3. The molecule has 0 aromatic carbocycles. The number of carbonyl (C=O) groups is 2. The van der Waals surface area contributed by atoms with Gasteiger partial charge in [-0.25, -0.2) is 4.98 Å². The maximum absolute atomic E-state index is 12.6. The predicted molar refractivity (Wildman–Crippen MR) is 95.5 cm³/mol. The van der Waals surface area contributed by atoms with Gasteiger partial charge < -0.3 is 14.5 Å². The van der Waals surface area contributed by atoms with E-state index >= 15 is 0 Å². The zero-order valence-electron chi connectivity index (χ0n) is 15.1. The Kier molecular flexibility index (Phi) is 5.56. The third kappa shape index (κ3) is 4.11. The number of amides is 1. The lowest BCUT2D eigenvalue weighted by Crippen LogP contribution is -2.40. The third-order valence-electron chi connectivity index (χ3n) is 5.35. The fourth-order valence-corrected chi connectivity index (χ4v) is 3.64. The Bertz CT molecular complexity index is 609. The summed E-state index contributed by atoms with van der Waals surface area (Å²) < 4.78 is 4.86. The molecule has 0 N–H and O–H groups in total. The van der Waals surface area contributed by atoms with Crippen LogP contribution in [-0.2, 0) is 9.53 Å². The van der Waals surface area contributed by atoms with Crippen LogP contribution in [0.2, 0.25) is 0 Å². The lowest BCUT2D eigenvalue weighted by molar-refractivity contribution is -0.145. The van der Waals surface area contributed by atoms with E-state index in [0.717, 1.165) is 51.1 Å². The molecule has 0 bridgehead atoms. The molecule has 6 heteroatoms. The second-order valence-electron chi connectivity index (χ2n) is 7.19. The molecule has 2 aliphatic rings. The van der Waals surface area contributed by atoms with E-state index in [-0.39, 0.29) is 17.8 Å². The highest BCUT2D eigenvalue weighted by Crippen LogP contribution is 2.23. The monoisotopic (exact) mass is 345 g/mol. The molecule has 0 spiro atoms. The van der Waals surface area contributed by atoms with E-state index in [0.29, 0.717) is 18.0 Å². The van der Waals surface area contributed by atoms with Crippen molar-refractivity contribution in [2.24, 2.45) is 11.8 Å². The molecule has 136 valence electrons. The summed E-state index contributed by atoms with van der Waals surface area (Å²) in [6.07, 6.45) is 5.60. The standard InChI is InChI=1S/C19H27N3O3/c1-14-7-10-21(11-8-14)18(23)15-5-6-17(20-12-15)22-9-3-4-16(13-22)19(24)25-2/h5-6,12,14,16H,3-4,7-11,13H2,1-2H3/t16-/m1/s1. The summed E-state index contributed by atoms with van der Waals surface area (Å²) >= 11 is 0. The van der Waals surface area contributed by atoms with Crippen molar-refractivity contribution in [3.63, 3.8) is 0 Å². The fourth-order valence-electron chi connectivity index (χ4n) is 3.64. The number of pyridine rings is 1. The summed E-state index contributed by atoms with van der Waals surface area (Å²) in [5, 5.41) is 0. The summed E-state index contributed by atoms with van der Waals surface area (Å²) in [6.45, 7) is 5.39. The molecule has 0 saturated carbocycles. The molecule has 1 atom stereocenters. The molecular formula is C19H27N3O3. The van der Waals surface area contributed by atoms with E-state index in [9.17, 15) is 9.59 Å². The molecule has 1 aromatic rings. The van der Waals surface area contributed by atoms with Gasteiger partial charge in [0.15, 0.2) is 0 Å². The molecule has 0 aliphatic carbocycles. The highest BCUT2D eigenvalue weighted by atomic mass is 16.5. The van der Waals surface area contributed by atoms with Crippen molar-refractivity contribution in [2.45, 2.75) is 32.6 Å². The van der Waals surface area contributed by atoms with Crippen molar-refractivity contribution in [3.8, 4) is 0 Å². The van der Waals surface area contributed by atoms with Crippen LogP contribution in [0.3, 0.4) is 0 Å². The first-order chi connectivity index (χ1) is 12.1. The lowest BCUT2D eigenvalue weighted by atomic mass is 9.98. The number of nitrogens with zero attached hydrogens (tertiary/aromatic N) is 3. The number of methoxy groups -OCH3 is 1. The first kappa shape index (κ1) is 17.7. The number of esters is 1. The quantitative estimate of drug-likeness (QED) is 0.787. The van der Waals surface area contributed by atoms with Gasteiger partial charge in [-0.2, -0.15) is 0 Å². The van der Waals surface area contributed by atoms with Crippen LogP contribution in [0, 0.1) is 11.8 Å². The average Bonchev–Trinajstić information content (AvgIpc) is 2.67. The second kappa shape index (κ2) is 7.85. The van der Waals surface area contributed by atoms with Gasteiger partial charge in [0.25, 0.3) is 5.91 Å². The van der Waals surface area contributed by atoms with Crippen molar-refractivity contribution >= 4 is 17.7 Å². The first-order valence-electron chi connectivity index (χ1n) is 9.16. The number of aromatic nitrogens is 1. The molecule has 3 heterocycles. The normalized spacial score (nSPS) is 21.9. The van der Waals surface area contributed by atoms with Crippen LogP contribution in [0.5, 0.6) is 0 Å². The second-order valence-corrected chi connectivity index (χ2v) is 7.19. The predicted octanol–water partition coefficient (Wildman–Crippen LogP) is 2.34. The Hall–Kier alpha value is -2.11. The average molecular weight is 345 g/mol. The summed E-state index contributed by atoms with van der Waals surface area (Å²) in [5.41, 5.74) is 0.639. The summed E-state index contributed by atoms with van der Waals surface area (Å²) in [5.74, 6) is 1.33. The van der Waals surface area contributed by atoms with Crippen LogP contribution in [0.1, 0.15) is 43.0 Å². The van der Waals surface area contributed by atoms with Crippen LogP contribution in [0.4, 0.5) is 5.82 Å². The van der Waals surface area contributed by atoms with Gasteiger partial charge >= 0.3 is 5.97 Å². The Morgan fingerprint density at radius 2 is 1.92 bits per heavy atom. The SMILES string of the molecule is COC(=O)[C@@H]1CCCN(c2ccc(C(=O)N3CCC(C)CC3)cn2)C1. The molecule has 3 rings (SSSR count). The van der Waals surface area contributed by atoms with Crippen molar-refractivity contribution in [3.05, 3.63) is 23.9 Å². The minimum Gasteiger partial charge on any atom is -0.469 e. The number of hydrogen-bond donors (Lipinski definition) is 0. The minimum atomic E-state index is -0.157. The van der Waals surface area contributed by atoms with Gasteiger partial charge in [-0.1, -0.05) is 6.92 Å². The van der Waals surface area contributed by atoms with Crippen LogP contribution in [0.15, 0.2) is 18.3 Å². The van der Waals surface area contributed by atoms with Crippen molar-refractivity contribution in [1.82, 2.24) is 9.88 Å². The smallest absolute Gasteiger partial charge is 0.310 e. The van der Waals surface area contributed by atoms with Gasteiger partial charge in [0.2, 0.25) is 0 Å². The topological polar surface area (TPSA) is 62.7 Å². The number of anilines is 1. The van der Waals surface area contributed by atoms with Gasteiger partial charge in [-0.3, -0.25) is 9.59 Å². The lowest BCUT2D eigenvalue weighted by Gasteiger charge is -2.32. The zero-order chi connectivity index (χ0) is 17.8. The molecule has 1 amide bonds. The largest absolute Gasteiger partial charge is 0.469 e. The first-order valence-corrected chi connectivity index (χ1v) is 9.16. The van der Waals surface area contributed by atoms with Gasteiger partial charge in [0, 0.05) is 32.4 Å². The number of hydrogen-bond acceptors (Lipinski definition) is 5. The van der Waals surface area contributed by atoms with Crippen LogP contribution in [-0.4, -0.2) is 55.0 Å². The molecule has 1 aromatic heterocycles. The summed E-state index contributed by atoms with van der Waals surface area (Å²) in [7, 11) is 1.43. The Labute approximate surface area is 149 Å². The number of ether oxygens (including phenoxy) is 1. The van der Waals surface area contributed by atoms with Gasteiger partial charge in [0.1, 0.15) is 5.82 Å². The van der Waals surface area contributed by atoms with Crippen molar-refractivity contribution < 1.29 is 14.3 Å². The Morgan fingerprint density at radius 3 is 2.56 bits per heavy atom. The molecule has 6 nitrogen and oxygen atoms in total. The molecule has 2 fully saturated rings. The van der Waals surface area contributed by atoms with Crippen molar-refractivity contribution in [2.75, 3.05) is 38.2 Å². The molecule has 0 unspecified atom stereocenters. The molecular weight excluding hydrogens is 318 g/mol. The number of carbonyl (C=O) groups excluding carboxylic acids is 2. The molecule has 25 heavy (non-hydrogen) atoms. The number of piperidine rings is 2. The van der Waals surface area contributed by atoms with E-state index in [2.05, 4.69) is 16.8 Å². The van der Waals surface area contributed by atoms with Crippen LogP contribution in [0.25, 0.3) is 0 Å². The maximum Gasteiger partial charge on any atom is 0.310 e. The summed E-state index contributed by atoms with van der Waals surface area (Å²) in [6, 6.07) is 3.74. The molecule has 0 radical (unpaired) electrons. The van der Waals surface area contributed by atoms with E-state index in [1.54, 1.807) is 6.20 Å². The molecule has 2 aliphatic heterocycles. The van der Waals surface area contributed by atoms with Gasteiger partial charge in [-0.05, 0) is 43.7 Å². The third-order valence-corrected chi connectivity index (χ3v) is 5.35. The maximum atomic E-state index is 12.6.